The number of rotatable bonds is 3. The van der Waals surface area contributed by atoms with E-state index in [0.717, 1.165) is 12.1 Å². The van der Waals surface area contributed by atoms with Crippen LogP contribution in [0.25, 0.3) is 11.4 Å². The van der Waals surface area contributed by atoms with Gasteiger partial charge in [0.05, 0.1) is 13.1 Å². The minimum Gasteiger partial charge on any atom is -0.354 e. The lowest BCUT2D eigenvalue weighted by atomic mass is 10.3. The predicted octanol–water partition coefficient (Wildman–Crippen LogP) is 0.730. The molecule has 1 aliphatic heterocycles. The SMILES string of the molecule is O=C1CN(Cc2nc(-c3ccsc3)no2)CCN1. The second kappa shape index (κ2) is 4.87. The number of carbonyl (C=O) groups excluding carboxylic acids is 1. The molecule has 6 nitrogen and oxygen atoms in total. The van der Waals surface area contributed by atoms with Crippen molar-refractivity contribution in [2.45, 2.75) is 6.54 Å². The molecule has 1 N–H and O–H groups in total. The summed E-state index contributed by atoms with van der Waals surface area (Å²) >= 11 is 1.59. The fraction of sp³-hybridized carbons (Fsp3) is 0.364. The van der Waals surface area contributed by atoms with Gasteiger partial charge in [-0.15, -0.1) is 0 Å². The van der Waals surface area contributed by atoms with Gasteiger partial charge in [0.1, 0.15) is 0 Å². The van der Waals surface area contributed by atoms with E-state index in [-0.39, 0.29) is 5.91 Å². The molecule has 3 rings (SSSR count). The molecule has 94 valence electrons. The summed E-state index contributed by atoms with van der Waals surface area (Å²) in [6, 6.07) is 1.95. The van der Waals surface area contributed by atoms with Crippen LogP contribution in [0.3, 0.4) is 0 Å². The topological polar surface area (TPSA) is 71.3 Å². The van der Waals surface area contributed by atoms with E-state index >= 15 is 0 Å². The van der Waals surface area contributed by atoms with Crippen molar-refractivity contribution >= 4 is 17.2 Å². The van der Waals surface area contributed by atoms with Crippen molar-refractivity contribution in [3.8, 4) is 11.4 Å². The Morgan fingerprint density at radius 1 is 1.56 bits per heavy atom. The van der Waals surface area contributed by atoms with Gasteiger partial charge in [0.2, 0.25) is 17.6 Å². The Hall–Kier alpha value is -1.73. The second-order valence-corrected chi connectivity index (χ2v) is 4.86. The smallest absolute Gasteiger partial charge is 0.241 e. The molecule has 18 heavy (non-hydrogen) atoms. The van der Waals surface area contributed by atoms with Gasteiger partial charge >= 0.3 is 0 Å². The molecule has 0 spiro atoms. The lowest BCUT2D eigenvalue weighted by molar-refractivity contribution is -0.124. The van der Waals surface area contributed by atoms with Crippen molar-refractivity contribution in [1.29, 1.82) is 0 Å². The van der Waals surface area contributed by atoms with Gasteiger partial charge in [-0.05, 0) is 11.4 Å². The summed E-state index contributed by atoms with van der Waals surface area (Å²) in [6.07, 6.45) is 0. The first kappa shape index (κ1) is 11.4. The van der Waals surface area contributed by atoms with Crippen LogP contribution in [0.5, 0.6) is 0 Å². The maximum atomic E-state index is 11.2. The van der Waals surface area contributed by atoms with Gasteiger partial charge in [-0.2, -0.15) is 16.3 Å². The van der Waals surface area contributed by atoms with Crippen LogP contribution >= 0.6 is 11.3 Å². The molecular formula is C11H12N4O2S. The van der Waals surface area contributed by atoms with E-state index < -0.39 is 0 Å². The highest BCUT2D eigenvalue weighted by Crippen LogP contribution is 2.19. The number of amides is 1. The quantitative estimate of drug-likeness (QED) is 0.885. The molecule has 2 aromatic rings. The van der Waals surface area contributed by atoms with Gasteiger partial charge in [-0.25, -0.2) is 0 Å². The van der Waals surface area contributed by atoms with Crippen molar-refractivity contribution in [3.05, 3.63) is 22.7 Å². The Balaban J connectivity index is 1.68. The summed E-state index contributed by atoms with van der Waals surface area (Å²) in [7, 11) is 0. The van der Waals surface area contributed by atoms with Crippen LogP contribution < -0.4 is 5.32 Å². The summed E-state index contributed by atoms with van der Waals surface area (Å²) in [4.78, 5) is 17.6. The molecule has 0 radical (unpaired) electrons. The summed E-state index contributed by atoms with van der Waals surface area (Å²) in [5.74, 6) is 1.19. The highest BCUT2D eigenvalue weighted by Gasteiger charge is 2.19. The summed E-state index contributed by atoms with van der Waals surface area (Å²) in [6.45, 7) is 2.38. The Morgan fingerprint density at radius 2 is 2.50 bits per heavy atom. The third-order valence-corrected chi connectivity index (χ3v) is 3.41. The predicted molar refractivity (Wildman–Crippen MR) is 65.9 cm³/mol. The van der Waals surface area contributed by atoms with Crippen LogP contribution in [0.2, 0.25) is 0 Å². The Morgan fingerprint density at radius 3 is 3.28 bits per heavy atom. The Kier molecular flexibility index (Phi) is 3.07. The molecule has 1 amide bonds. The van der Waals surface area contributed by atoms with Crippen molar-refractivity contribution in [3.63, 3.8) is 0 Å². The van der Waals surface area contributed by atoms with E-state index in [2.05, 4.69) is 15.5 Å². The zero-order valence-corrected chi connectivity index (χ0v) is 10.4. The fourth-order valence-electron chi connectivity index (χ4n) is 1.85. The summed E-state index contributed by atoms with van der Waals surface area (Å²) in [5.41, 5.74) is 0.964. The molecule has 0 aromatic carbocycles. The minimum atomic E-state index is 0.0406. The minimum absolute atomic E-state index is 0.0406. The van der Waals surface area contributed by atoms with Crippen LogP contribution in [0.4, 0.5) is 0 Å². The zero-order valence-electron chi connectivity index (χ0n) is 9.63. The molecular weight excluding hydrogens is 252 g/mol. The van der Waals surface area contributed by atoms with E-state index in [0.29, 0.717) is 31.3 Å². The van der Waals surface area contributed by atoms with Crippen molar-refractivity contribution in [2.24, 2.45) is 0 Å². The molecule has 7 heteroatoms. The molecule has 0 aliphatic carbocycles. The number of aromatic nitrogens is 2. The van der Waals surface area contributed by atoms with E-state index in [1.165, 1.54) is 0 Å². The zero-order chi connectivity index (χ0) is 12.4. The van der Waals surface area contributed by atoms with Gasteiger partial charge in [-0.3, -0.25) is 9.69 Å². The van der Waals surface area contributed by atoms with Crippen LogP contribution in [0.1, 0.15) is 5.89 Å². The number of hydrogen-bond donors (Lipinski definition) is 1. The maximum Gasteiger partial charge on any atom is 0.241 e. The summed E-state index contributed by atoms with van der Waals surface area (Å²) < 4.78 is 5.20. The largest absolute Gasteiger partial charge is 0.354 e. The molecule has 1 fully saturated rings. The number of hydrogen-bond acceptors (Lipinski definition) is 6. The van der Waals surface area contributed by atoms with E-state index in [9.17, 15) is 4.79 Å². The van der Waals surface area contributed by atoms with Gasteiger partial charge in [0, 0.05) is 24.0 Å². The molecule has 3 heterocycles. The first-order chi connectivity index (χ1) is 8.81. The molecule has 1 saturated heterocycles. The van der Waals surface area contributed by atoms with Gasteiger partial charge < -0.3 is 9.84 Å². The maximum absolute atomic E-state index is 11.2. The second-order valence-electron chi connectivity index (χ2n) is 4.08. The third kappa shape index (κ3) is 2.41. The number of piperazine rings is 1. The van der Waals surface area contributed by atoms with E-state index in [1.54, 1.807) is 11.3 Å². The van der Waals surface area contributed by atoms with Crippen molar-refractivity contribution in [2.75, 3.05) is 19.6 Å². The van der Waals surface area contributed by atoms with Crippen LogP contribution in [0, 0.1) is 0 Å². The first-order valence-corrected chi connectivity index (χ1v) is 6.60. The van der Waals surface area contributed by atoms with Crippen LogP contribution in [0.15, 0.2) is 21.3 Å². The van der Waals surface area contributed by atoms with Gasteiger partial charge in [0.25, 0.3) is 0 Å². The molecule has 1 aliphatic rings. The Bertz CT molecular complexity index is 537. The molecule has 2 aromatic heterocycles. The number of nitrogens with zero attached hydrogens (tertiary/aromatic N) is 3. The molecule has 0 atom stereocenters. The monoisotopic (exact) mass is 264 g/mol. The highest BCUT2D eigenvalue weighted by atomic mass is 32.1. The first-order valence-electron chi connectivity index (χ1n) is 5.65. The molecule has 0 bridgehead atoms. The fourth-order valence-corrected chi connectivity index (χ4v) is 2.48. The van der Waals surface area contributed by atoms with Crippen LogP contribution in [-0.4, -0.2) is 40.6 Å². The number of nitrogens with one attached hydrogen (secondary N) is 1. The third-order valence-electron chi connectivity index (χ3n) is 2.72. The number of thiophene rings is 1. The summed E-state index contributed by atoms with van der Waals surface area (Å²) in [5, 5.41) is 10.7. The van der Waals surface area contributed by atoms with Gasteiger partial charge in [-0.1, -0.05) is 5.16 Å². The van der Waals surface area contributed by atoms with Crippen molar-refractivity contribution < 1.29 is 9.32 Å². The number of carbonyl (C=O) groups is 1. The lowest BCUT2D eigenvalue weighted by Gasteiger charge is -2.24. The average Bonchev–Trinajstić information content (AvgIpc) is 2.98. The standard InChI is InChI=1S/C11H12N4O2S/c16-9-5-15(3-2-12-9)6-10-13-11(14-17-10)8-1-4-18-7-8/h1,4,7H,2-3,5-6H2,(H,12,16). The van der Waals surface area contributed by atoms with Crippen LogP contribution in [-0.2, 0) is 11.3 Å². The highest BCUT2D eigenvalue weighted by molar-refractivity contribution is 7.08. The normalized spacial score (nSPS) is 16.8. The molecule has 0 saturated carbocycles. The average molecular weight is 264 g/mol. The van der Waals surface area contributed by atoms with E-state index in [1.807, 2.05) is 21.7 Å². The van der Waals surface area contributed by atoms with Gasteiger partial charge in [0.15, 0.2) is 0 Å². The lowest BCUT2D eigenvalue weighted by Crippen LogP contribution is -2.47. The Labute approximate surface area is 108 Å². The van der Waals surface area contributed by atoms with Crippen molar-refractivity contribution in [1.82, 2.24) is 20.4 Å². The van der Waals surface area contributed by atoms with E-state index in [4.69, 9.17) is 4.52 Å². The molecule has 0 unspecified atom stereocenters.